The first-order chi connectivity index (χ1) is 10.3. The molecule has 21 heavy (non-hydrogen) atoms. The fourth-order valence-electron chi connectivity index (χ4n) is 2.18. The summed E-state index contributed by atoms with van der Waals surface area (Å²) in [7, 11) is 0. The third-order valence-corrected chi connectivity index (χ3v) is 4.24. The van der Waals surface area contributed by atoms with Gasteiger partial charge in [-0.2, -0.15) is 0 Å². The van der Waals surface area contributed by atoms with Gasteiger partial charge >= 0.3 is 6.03 Å². The van der Waals surface area contributed by atoms with E-state index in [0.717, 1.165) is 36.2 Å². The Morgan fingerprint density at radius 2 is 1.95 bits per heavy atom. The van der Waals surface area contributed by atoms with Crippen molar-refractivity contribution in [3.63, 3.8) is 0 Å². The molecule has 4 heteroatoms. The molecule has 112 valence electrons. The molecular weight excluding hydrogens is 280 g/mol. The molecule has 0 bridgehead atoms. The van der Waals surface area contributed by atoms with Crippen LogP contribution in [0.5, 0.6) is 0 Å². The first-order valence-electron chi connectivity index (χ1n) is 7.44. The zero-order valence-electron chi connectivity index (χ0n) is 12.3. The molecule has 0 aliphatic carbocycles. The molecule has 2 amide bonds. The molecule has 1 aromatic heterocycles. The predicted molar refractivity (Wildman–Crippen MR) is 88.7 cm³/mol. The Labute approximate surface area is 130 Å². The van der Waals surface area contributed by atoms with E-state index in [1.54, 1.807) is 11.3 Å². The molecule has 0 spiro atoms. The van der Waals surface area contributed by atoms with E-state index in [0.29, 0.717) is 0 Å². The predicted octanol–water partition coefficient (Wildman–Crippen LogP) is 4.33. The number of amides is 2. The van der Waals surface area contributed by atoms with Crippen LogP contribution in [0.4, 0.5) is 4.79 Å². The van der Waals surface area contributed by atoms with Gasteiger partial charge in [-0.05, 0) is 23.4 Å². The highest BCUT2D eigenvalue weighted by Gasteiger charge is 2.17. The van der Waals surface area contributed by atoms with Crippen molar-refractivity contribution in [2.24, 2.45) is 0 Å². The summed E-state index contributed by atoms with van der Waals surface area (Å²) in [5.74, 6) is 0. The Bertz CT molecular complexity index is 525. The molecule has 1 heterocycles. The minimum atomic E-state index is -0.103. The average Bonchev–Trinajstić information content (AvgIpc) is 3.04. The number of benzene rings is 1. The highest BCUT2D eigenvalue weighted by atomic mass is 32.1. The molecule has 2 aromatic rings. The lowest BCUT2D eigenvalue weighted by atomic mass is 10.1. The molecule has 2 rings (SSSR count). The molecule has 0 radical (unpaired) electrons. The Kier molecular flexibility index (Phi) is 6.28. The number of hydrogen-bond donors (Lipinski definition) is 2. The lowest BCUT2D eigenvalue weighted by Gasteiger charge is -2.18. The van der Waals surface area contributed by atoms with Gasteiger partial charge in [-0.15, -0.1) is 11.3 Å². The van der Waals surface area contributed by atoms with Gasteiger partial charge in [0.25, 0.3) is 0 Å². The minimum absolute atomic E-state index is 0.0858. The largest absolute Gasteiger partial charge is 0.338 e. The van der Waals surface area contributed by atoms with Crippen LogP contribution < -0.4 is 10.6 Å². The molecule has 0 aliphatic rings. The van der Waals surface area contributed by atoms with Crippen LogP contribution in [-0.2, 0) is 0 Å². The van der Waals surface area contributed by atoms with E-state index in [4.69, 9.17) is 0 Å². The van der Waals surface area contributed by atoms with E-state index < -0.39 is 0 Å². The maximum atomic E-state index is 12.1. The van der Waals surface area contributed by atoms with E-state index in [2.05, 4.69) is 23.6 Å². The fraction of sp³-hybridized carbons (Fsp3) is 0.353. The summed E-state index contributed by atoms with van der Waals surface area (Å²) in [6.45, 7) is 2.88. The van der Waals surface area contributed by atoms with Crippen LogP contribution in [0.1, 0.15) is 42.7 Å². The second-order valence-corrected chi connectivity index (χ2v) is 5.95. The standard InChI is InChI=1S/C17H22N2OS/c1-2-3-7-12-18-17(20)19-16(15-11-8-13-21-15)14-9-5-4-6-10-14/h4-6,8-11,13,16H,2-3,7,12H2,1H3,(H2,18,19,20)/t16-/m0/s1. The summed E-state index contributed by atoms with van der Waals surface area (Å²) in [6.07, 6.45) is 3.33. The smallest absolute Gasteiger partial charge is 0.315 e. The van der Waals surface area contributed by atoms with E-state index in [9.17, 15) is 4.79 Å². The molecular formula is C17H22N2OS. The Hall–Kier alpha value is -1.81. The fourth-order valence-corrected chi connectivity index (χ4v) is 2.98. The molecule has 0 aliphatic heterocycles. The zero-order valence-corrected chi connectivity index (χ0v) is 13.2. The van der Waals surface area contributed by atoms with Crippen LogP contribution >= 0.6 is 11.3 Å². The number of carbonyl (C=O) groups excluding carboxylic acids is 1. The van der Waals surface area contributed by atoms with Gasteiger partial charge in [0.15, 0.2) is 0 Å². The Morgan fingerprint density at radius 3 is 2.62 bits per heavy atom. The van der Waals surface area contributed by atoms with Crippen LogP contribution in [0, 0.1) is 0 Å². The monoisotopic (exact) mass is 302 g/mol. The van der Waals surface area contributed by atoms with Crippen molar-refractivity contribution in [1.82, 2.24) is 10.6 Å². The number of urea groups is 1. The van der Waals surface area contributed by atoms with E-state index in [-0.39, 0.29) is 12.1 Å². The van der Waals surface area contributed by atoms with Crippen molar-refractivity contribution < 1.29 is 4.79 Å². The van der Waals surface area contributed by atoms with Crippen molar-refractivity contribution in [1.29, 1.82) is 0 Å². The zero-order chi connectivity index (χ0) is 14.9. The second-order valence-electron chi connectivity index (χ2n) is 4.97. The second kappa shape index (κ2) is 8.47. The van der Waals surface area contributed by atoms with Crippen LogP contribution in [0.3, 0.4) is 0 Å². The van der Waals surface area contributed by atoms with Crippen molar-refractivity contribution in [2.45, 2.75) is 32.2 Å². The average molecular weight is 302 g/mol. The van der Waals surface area contributed by atoms with Crippen molar-refractivity contribution >= 4 is 17.4 Å². The topological polar surface area (TPSA) is 41.1 Å². The first kappa shape index (κ1) is 15.6. The summed E-state index contributed by atoms with van der Waals surface area (Å²) < 4.78 is 0. The molecule has 1 atom stereocenters. The first-order valence-corrected chi connectivity index (χ1v) is 8.32. The van der Waals surface area contributed by atoms with Gasteiger partial charge in [-0.25, -0.2) is 4.79 Å². The number of thiophene rings is 1. The quantitative estimate of drug-likeness (QED) is 0.734. The molecule has 0 fully saturated rings. The number of nitrogens with one attached hydrogen (secondary N) is 2. The number of rotatable bonds is 7. The summed E-state index contributed by atoms with van der Waals surface area (Å²) >= 11 is 1.66. The highest BCUT2D eigenvalue weighted by Crippen LogP contribution is 2.25. The number of carbonyl (C=O) groups is 1. The summed E-state index contributed by atoms with van der Waals surface area (Å²) in [5.41, 5.74) is 1.10. The van der Waals surface area contributed by atoms with Gasteiger partial charge in [0.2, 0.25) is 0 Å². The summed E-state index contributed by atoms with van der Waals surface area (Å²) in [5, 5.41) is 8.04. The van der Waals surface area contributed by atoms with E-state index in [1.165, 1.54) is 0 Å². The van der Waals surface area contributed by atoms with Crippen molar-refractivity contribution in [2.75, 3.05) is 6.54 Å². The lowest BCUT2D eigenvalue weighted by Crippen LogP contribution is -2.38. The van der Waals surface area contributed by atoms with Crippen LogP contribution in [0.2, 0.25) is 0 Å². The van der Waals surface area contributed by atoms with Crippen LogP contribution in [0.25, 0.3) is 0 Å². The van der Waals surface area contributed by atoms with Gasteiger partial charge in [0.05, 0.1) is 6.04 Å². The Morgan fingerprint density at radius 1 is 1.14 bits per heavy atom. The summed E-state index contributed by atoms with van der Waals surface area (Å²) in [6, 6.07) is 13.9. The van der Waals surface area contributed by atoms with Crippen molar-refractivity contribution in [3.05, 3.63) is 58.3 Å². The van der Waals surface area contributed by atoms with Gasteiger partial charge < -0.3 is 10.6 Å². The van der Waals surface area contributed by atoms with Crippen LogP contribution in [0.15, 0.2) is 47.8 Å². The highest BCUT2D eigenvalue weighted by molar-refractivity contribution is 7.10. The molecule has 0 saturated heterocycles. The van der Waals surface area contributed by atoms with Gasteiger partial charge in [-0.3, -0.25) is 0 Å². The normalized spacial score (nSPS) is 11.9. The van der Waals surface area contributed by atoms with E-state index >= 15 is 0 Å². The van der Waals surface area contributed by atoms with Gasteiger partial charge in [0, 0.05) is 11.4 Å². The number of hydrogen-bond acceptors (Lipinski definition) is 2. The molecule has 1 aromatic carbocycles. The van der Waals surface area contributed by atoms with Gasteiger partial charge in [0.1, 0.15) is 0 Å². The molecule has 0 saturated carbocycles. The minimum Gasteiger partial charge on any atom is -0.338 e. The maximum absolute atomic E-state index is 12.1. The van der Waals surface area contributed by atoms with E-state index in [1.807, 2.05) is 41.8 Å². The Balaban J connectivity index is 1.99. The van der Waals surface area contributed by atoms with Gasteiger partial charge in [-0.1, -0.05) is 56.2 Å². The SMILES string of the molecule is CCCCCNC(=O)N[C@@H](c1ccccc1)c1cccs1. The molecule has 0 unspecified atom stereocenters. The third-order valence-electron chi connectivity index (χ3n) is 3.30. The lowest BCUT2D eigenvalue weighted by molar-refractivity contribution is 0.238. The molecule has 2 N–H and O–H groups in total. The third kappa shape index (κ3) is 4.90. The summed E-state index contributed by atoms with van der Waals surface area (Å²) in [4.78, 5) is 13.2. The number of unbranched alkanes of at least 4 members (excludes halogenated alkanes) is 2. The van der Waals surface area contributed by atoms with Crippen molar-refractivity contribution in [3.8, 4) is 0 Å². The van der Waals surface area contributed by atoms with Crippen LogP contribution in [-0.4, -0.2) is 12.6 Å². The maximum Gasteiger partial charge on any atom is 0.315 e. The molecule has 3 nitrogen and oxygen atoms in total.